The maximum absolute atomic E-state index is 12.7. The summed E-state index contributed by atoms with van der Waals surface area (Å²) in [4.78, 5) is 16.6. The molecule has 128 valence electrons. The van der Waals surface area contributed by atoms with Crippen LogP contribution in [0.4, 0.5) is 0 Å². The number of aliphatic hydroxyl groups is 2. The molecule has 0 radical (unpaired) electrons. The summed E-state index contributed by atoms with van der Waals surface area (Å²) in [5.41, 5.74) is 1.04. The first-order valence-corrected chi connectivity index (χ1v) is 8.22. The lowest BCUT2D eigenvalue weighted by Gasteiger charge is -2.38. The fourth-order valence-electron chi connectivity index (χ4n) is 2.82. The van der Waals surface area contributed by atoms with E-state index in [0.29, 0.717) is 25.1 Å². The number of aliphatic hydroxyl groups excluding tert-OH is 1. The quantitative estimate of drug-likeness (QED) is 0.854. The summed E-state index contributed by atoms with van der Waals surface area (Å²) < 4.78 is 0. The van der Waals surface area contributed by atoms with Crippen molar-refractivity contribution in [2.24, 2.45) is 0 Å². The minimum absolute atomic E-state index is 0.00562. The average Bonchev–Trinajstić information content (AvgIpc) is 2.52. The van der Waals surface area contributed by atoms with Crippen LogP contribution in [-0.4, -0.2) is 70.9 Å². The molecule has 1 atom stereocenters. The highest BCUT2D eigenvalue weighted by atomic mass is 16.3. The molecule has 0 saturated carbocycles. The van der Waals surface area contributed by atoms with Crippen molar-refractivity contribution in [2.75, 3.05) is 33.3 Å². The molecule has 23 heavy (non-hydrogen) atoms. The molecule has 1 aromatic rings. The summed E-state index contributed by atoms with van der Waals surface area (Å²) in [7, 11) is 1.97. The number of nitrogens with zero attached hydrogens (tertiary/aromatic N) is 2. The van der Waals surface area contributed by atoms with E-state index in [9.17, 15) is 15.0 Å². The SMILES string of the molecule is CN1CCN(C(=O)c2cccc(CCC(C)(C)O)c2)CC1CO. The molecule has 1 amide bonds. The van der Waals surface area contributed by atoms with Gasteiger partial charge in [-0.15, -0.1) is 0 Å². The van der Waals surface area contributed by atoms with Gasteiger partial charge in [-0.2, -0.15) is 0 Å². The van der Waals surface area contributed by atoms with Crippen LogP contribution < -0.4 is 0 Å². The van der Waals surface area contributed by atoms with Crippen LogP contribution in [0.15, 0.2) is 24.3 Å². The topological polar surface area (TPSA) is 64.0 Å². The first-order valence-electron chi connectivity index (χ1n) is 8.22. The van der Waals surface area contributed by atoms with Gasteiger partial charge in [-0.05, 0) is 51.4 Å². The summed E-state index contributed by atoms with van der Waals surface area (Å²) in [5.74, 6) is 0.0154. The first kappa shape index (κ1) is 17.9. The minimum Gasteiger partial charge on any atom is -0.395 e. The highest BCUT2D eigenvalue weighted by Gasteiger charge is 2.27. The van der Waals surface area contributed by atoms with Gasteiger partial charge in [0.2, 0.25) is 0 Å². The molecule has 1 aliphatic rings. The highest BCUT2D eigenvalue weighted by molar-refractivity contribution is 5.94. The van der Waals surface area contributed by atoms with E-state index in [2.05, 4.69) is 4.90 Å². The Morgan fingerprint density at radius 2 is 2.09 bits per heavy atom. The molecule has 1 heterocycles. The number of carbonyl (C=O) groups is 1. The fourth-order valence-corrected chi connectivity index (χ4v) is 2.82. The Labute approximate surface area is 138 Å². The third-order valence-corrected chi connectivity index (χ3v) is 4.47. The first-order chi connectivity index (χ1) is 10.8. The number of carbonyl (C=O) groups excluding carboxylic acids is 1. The van der Waals surface area contributed by atoms with E-state index in [1.807, 2.05) is 36.2 Å². The number of hydrogen-bond acceptors (Lipinski definition) is 4. The summed E-state index contributed by atoms with van der Waals surface area (Å²) in [6, 6.07) is 7.64. The summed E-state index contributed by atoms with van der Waals surface area (Å²) in [6.07, 6.45) is 1.40. The van der Waals surface area contributed by atoms with Gasteiger partial charge in [0.25, 0.3) is 5.91 Å². The predicted molar refractivity (Wildman–Crippen MR) is 90.5 cm³/mol. The molecule has 1 aromatic carbocycles. The maximum Gasteiger partial charge on any atom is 0.253 e. The molecule has 1 fully saturated rings. The van der Waals surface area contributed by atoms with Crippen molar-refractivity contribution < 1.29 is 15.0 Å². The average molecular weight is 320 g/mol. The Morgan fingerprint density at radius 1 is 1.35 bits per heavy atom. The van der Waals surface area contributed by atoms with Gasteiger partial charge in [0.15, 0.2) is 0 Å². The molecule has 0 bridgehead atoms. The van der Waals surface area contributed by atoms with Crippen molar-refractivity contribution in [3.8, 4) is 0 Å². The molecule has 0 aromatic heterocycles. The second kappa shape index (κ2) is 7.43. The molecule has 0 spiro atoms. The van der Waals surface area contributed by atoms with Gasteiger partial charge in [0, 0.05) is 25.2 Å². The third kappa shape index (κ3) is 5.03. The van der Waals surface area contributed by atoms with Crippen LogP contribution >= 0.6 is 0 Å². The molecule has 5 nitrogen and oxygen atoms in total. The van der Waals surface area contributed by atoms with Gasteiger partial charge in [0.1, 0.15) is 0 Å². The van der Waals surface area contributed by atoms with Crippen LogP contribution in [0, 0.1) is 0 Å². The largest absolute Gasteiger partial charge is 0.395 e. The molecule has 2 N–H and O–H groups in total. The number of rotatable bonds is 5. The zero-order valence-electron chi connectivity index (χ0n) is 14.3. The number of hydrogen-bond donors (Lipinski definition) is 2. The van der Waals surface area contributed by atoms with Gasteiger partial charge in [-0.25, -0.2) is 0 Å². The van der Waals surface area contributed by atoms with E-state index < -0.39 is 5.60 Å². The molecule has 2 rings (SSSR count). The Bertz CT molecular complexity index is 539. The van der Waals surface area contributed by atoms with Crippen LogP contribution in [0.2, 0.25) is 0 Å². The predicted octanol–water partition coefficient (Wildman–Crippen LogP) is 1.14. The van der Waals surface area contributed by atoms with Gasteiger partial charge < -0.3 is 15.1 Å². The van der Waals surface area contributed by atoms with Crippen LogP contribution in [0.3, 0.4) is 0 Å². The Hall–Kier alpha value is -1.43. The van der Waals surface area contributed by atoms with E-state index >= 15 is 0 Å². The van der Waals surface area contributed by atoms with Gasteiger partial charge in [-0.1, -0.05) is 12.1 Å². The molecular weight excluding hydrogens is 292 g/mol. The van der Waals surface area contributed by atoms with E-state index in [0.717, 1.165) is 18.5 Å². The summed E-state index contributed by atoms with van der Waals surface area (Å²) in [6.45, 7) is 5.66. The zero-order chi connectivity index (χ0) is 17.0. The molecule has 1 saturated heterocycles. The second-order valence-corrected chi connectivity index (χ2v) is 7.08. The van der Waals surface area contributed by atoms with Crippen LogP contribution in [0.5, 0.6) is 0 Å². The normalized spacial score (nSPS) is 19.9. The number of benzene rings is 1. The number of amides is 1. The number of aryl methyl sites for hydroxylation is 1. The monoisotopic (exact) mass is 320 g/mol. The number of piperazine rings is 1. The minimum atomic E-state index is -0.703. The molecule has 0 aliphatic carbocycles. The third-order valence-electron chi connectivity index (χ3n) is 4.47. The van der Waals surface area contributed by atoms with Gasteiger partial charge in [-0.3, -0.25) is 9.69 Å². The van der Waals surface area contributed by atoms with Crippen molar-refractivity contribution >= 4 is 5.91 Å². The van der Waals surface area contributed by atoms with Crippen molar-refractivity contribution in [1.82, 2.24) is 9.80 Å². The van der Waals surface area contributed by atoms with E-state index in [1.54, 1.807) is 13.8 Å². The van der Waals surface area contributed by atoms with E-state index in [-0.39, 0.29) is 18.6 Å². The van der Waals surface area contributed by atoms with E-state index in [1.165, 1.54) is 0 Å². The van der Waals surface area contributed by atoms with Crippen molar-refractivity contribution in [2.45, 2.75) is 38.3 Å². The van der Waals surface area contributed by atoms with Crippen molar-refractivity contribution in [3.05, 3.63) is 35.4 Å². The molecule has 1 aliphatic heterocycles. The Kier molecular flexibility index (Phi) is 5.79. The Balaban J connectivity index is 2.05. The van der Waals surface area contributed by atoms with Crippen molar-refractivity contribution in [3.63, 3.8) is 0 Å². The standard InChI is InChI=1S/C18H28N2O3/c1-18(2,23)8-7-14-5-4-6-15(11-14)17(22)20-10-9-19(3)16(12-20)13-21/h4-6,11,16,21,23H,7-10,12-13H2,1-3H3. The van der Waals surface area contributed by atoms with Gasteiger partial charge in [0.05, 0.1) is 18.2 Å². The van der Waals surface area contributed by atoms with Crippen molar-refractivity contribution in [1.29, 1.82) is 0 Å². The molecule has 5 heteroatoms. The summed E-state index contributed by atoms with van der Waals surface area (Å²) in [5, 5.41) is 19.3. The van der Waals surface area contributed by atoms with E-state index in [4.69, 9.17) is 0 Å². The van der Waals surface area contributed by atoms with Crippen LogP contribution in [-0.2, 0) is 6.42 Å². The smallest absolute Gasteiger partial charge is 0.253 e. The second-order valence-electron chi connectivity index (χ2n) is 7.08. The number of likely N-dealkylation sites (N-methyl/N-ethyl adjacent to an activating group) is 1. The lowest BCUT2D eigenvalue weighted by Crippen LogP contribution is -2.54. The highest BCUT2D eigenvalue weighted by Crippen LogP contribution is 2.17. The lowest BCUT2D eigenvalue weighted by atomic mass is 9.97. The van der Waals surface area contributed by atoms with Crippen LogP contribution in [0.1, 0.15) is 36.2 Å². The fraction of sp³-hybridized carbons (Fsp3) is 0.611. The van der Waals surface area contributed by atoms with Gasteiger partial charge >= 0.3 is 0 Å². The molecule has 1 unspecified atom stereocenters. The molecular formula is C18H28N2O3. The Morgan fingerprint density at radius 3 is 2.74 bits per heavy atom. The maximum atomic E-state index is 12.7. The lowest BCUT2D eigenvalue weighted by molar-refractivity contribution is 0.0421. The van der Waals surface area contributed by atoms with Crippen LogP contribution in [0.25, 0.3) is 0 Å². The zero-order valence-corrected chi connectivity index (χ0v) is 14.3. The summed E-state index contributed by atoms with van der Waals surface area (Å²) >= 11 is 0.